The van der Waals surface area contributed by atoms with Gasteiger partial charge in [0.2, 0.25) is 0 Å². The van der Waals surface area contributed by atoms with Crippen molar-refractivity contribution in [2.45, 2.75) is 64.5 Å². The van der Waals surface area contributed by atoms with Gasteiger partial charge in [-0.25, -0.2) is 0 Å². The Morgan fingerprint density at radius 2 is 1.50 bits per heavy atom. The van der Waals surface area contributed by atoms with E-state index < -0.39 is 12.1 Å². The van der Waals surface area contributed by atoms with Crippen molar-refractivity contribution in [3.05, 3.63) is 6.92 Å². The summed E-state index contributed by atoms with van der Waals surface area (Å²) in [5, 5.41) is 0. The van der Waals surface area contributed by atoms with E-state index in [0.717, 1.165) is 38.0 Å². The Morgan fingerprint density at radius 3 is 2.00 bits per heavy atom. The molecule has 0 heterocycles. The van der Waals surface area contributed by atoms with Gasteiger partial charge >= 0.3 is 6.18 Å². The molecule has 20 heavy (non-hydrogen) atoms. The van der Waals surface area contributed by atoms with Gasteiger partial charge in [0, 0.05) is 32.7 Å². The summed E-state index contributed by atoms with van der Waals surface area (Å²) < 4.78 is 39.1. The number of hydrogen-bond donors (Lipinski definition) is 0. The van der Waals surface area contributed by atoms with Crippen LogP contribution in [0.2, 0.25) is 0 Å². The average molecular weight is 364 g/mol. The number of halogens is 3. The van der Waals surface area contributed by atoms with Gasteiger partial charge < -0.3 is 6.92 Å². The van der Waals surface area contributed by atoms with Gasteiger partial charge in [0.1, 0.15) is 0 Å². The van der Waals surface area contributed by atoms with Crippen LogP contribution < -0.4 is 0 Å². The van der Waals surface area contributed by atoms with Crippen molar-refractivity contribution in [2.24, 2.45) is 29.6 Å². The van der Waals surface area contributed by atoms with Gasteiger partial charge in [-0.3, -0.25) is 0 Å². The molecule has 1 unspecified atom stereocenters. The molecule has 0 amide bonds. The van der Waals surface area contributed by atoms with E-state index in [0.29, 0.717) is 18.3 Å². The minimum Gasteiger partial charge on any atom is -0.343 e. The molecule has 0 aromatic heterocycles. The fourth-order valence-electron chi connectivity index (χ4n) is 4.19. The minimum absolute atomic E-state index is 0. The molecule has 1 radical (unpaired) electrons. The van der Waals surface area contributed by atoms with Crippen LogP contribution in [0.4, 0.5) is 13.2 Å². The van der Waals surface area contributed by atoms with E-state index in [4.69, 9.17) is 0 Å². The second-order valence-electron chi connectivity index (χ2n) is 6.77. The smallest absolute Gasteiger partial charge is 0.343 e. The molecule has 3 atom stereocenters. The molecule has 0 aromatic carbocycles. The largest absolute Gasteiger partial charge is 0.392 e. The molecule has 2 saturated carbocycles. The quantitative estimate of drug-likeness (QED) is 0.557. The molecule has 0 aliphatic heterocycles. The van der Waals surface area contributed by atoms with Crippen molar-refractivity contribution in [1.29, 1.82) is 0 Å². The van der Waals surface area contributed by atoms with E-state index in [-0.39, 0.29) is 38.6 Å². The summed E-state index contributed by atoms with van der Waals surface area (Å²) in [6.07, 6.45) is 3.74. The third-order valence-electron chi connectivity index (χ3n) is 5.62. The first-order valence-corrected chi connectivity index (χ1v) is 7.77. The Hall–Kier alpha value is 0.894. The maximum atomic E-state index is 13.0. The maximum Gasteiger partial charge on any atom is 0.392 e. The van der Waals surface area contributed by atoms with Gasteiger partial charge in [-0.2, -0.15) is 19.6 Å². The summed E-state index contributed by atoms with van der Waals surface area (Å²) in [5.74, 6) is 0.329. The van der Waals surface area contributed by atoms with Gasteiger partial charge in [0.05, 0.1) is 5.92 Å². The van der Waals surface area contributed by atoms with Crippen molar-refractivity contribution in [2.75, 3.05) is 0 Å². The summed E-state index contributed by atoms with van der Waals surface area (Å²) >= 11 is 0. The fourth-order valence-corrected chi connectivity index (χ4v) is 4.19. The Bertz CT molecular complexity index is 282. The molecule has 2 fully saturated rings. The molecular formula is C16H26F3Y-. The second kappa shape index (κ2) is 7.95. The van der Waals surface area contributed by atoms with Gasteiger partial charge in [-0.1, -0.05) is 38.5 Å². The number of hydrogen-bond acceptors (Lipinski definition) is 0. The average Bonchev–Trinajstić information content (AvgIpc) is 2.38. The first-order chi connectivity index (χ1) is 8.91. The van der Waals surface area contributed by atoms with Crippen LogP contribution in [0.5, 0.6) is 0 Å². The zero-order valence-corrected chi connectivity index (χ0v) is 15.3. The topological polar surface area (TPSA) is 0 Å². The van der Waals surface area contributed by atoms with Crippen LogP contribution in [0, 0.1) is 36.5 Å². The second-order valence-corrected chi connectivity index (χ2v) is 6.77. The number of rotatable bonds is 2. The van der Waals surface area contributed by atoms with Crippen LogP contribution in [0.25, 0.3) is 0 Å². The van der Waals surface area contributed by atoms with Crippen molar-refractivity contribution in [3.8, 4) is 0 Å². The van der Waals surface area contributed by atoms with E-state index >= 15 is 0 Å². The summed E-state index contributed by atoms with van der Waals surface area (Å²) in [4.78, 5) is 0. The molecule has 4 heteroatoms. The minimum atomic E-state index is -4.00. The molecule has 0 N–H and O–H groups in total. The first-order valence-electron chi connectivity index (χ1n) is 7.77. The van der Waals surface area contributed by atoms with Gasteiger partial charge in [0.25, 0.3) is 0 Å². The molecule has 2 aliphatic carbocycles. The standard InChI is InChI=1S/C16H26F3.Y/c1-3-12-5-8-13(9-6-12)14-7-4-11(2)15(10-14)16(17,18)19;/h11-15H,1,3-10H2,2H3;/q-1;/t11-,12?,13?,14-,15?;/m1./s1. The maximum absolute atomic E-state index is 13.0. The third kappa shape index (κ3) is 4.70. The van der Waals surface area contributed by atoms with Crippen LogP contribution in [0.3, 0.4) is 0 Å². The summed E-state index contributed by atoms with van der Waals surface area (Å²) in [6, 6.07) is 0. The van der Waals surface area contributed by atoms with Crippen molar-refractivity contribution < 1.29 is 45.9 Å². The van der Waals surface area contributed by atoms with Gasteiger partial charge in [-0.15, -0.1) is 0 Å². The van der Waals surface area contributed by atoms with Crippen LogP contribution in [0.15, 0.2) is 0 Å². The van der Waals surface area contributed by atoms with Crippen LogP contribution in [-0.2, 0) is 32.7 Å². The normalized spacial score (nSPS) is 39.1. The zero-order valence-electron chi connectivity index (χ0n) is 12.5. The third-order valence-corrected chi connectivity index (χ3v) is 5.62. The Morgan fingerprint density at radius 1 is 0.950 bits per heavy atom. The van der Waals surface area contributed by atoms with E-state index in [2.05, 4.69) is 6.92 Å². The monoisotopic (exact) mass is 364 g/mol. The van der Waals surface area contributed by atoms with E-state index in [1.54, 1.807) is 6.92 Å². The molecule has 115 valence electrons. The van der Waals surface area contributed by atoms with E-state index in [1.165, 1.54) is 12.8 Å². The summed E-state index contributed by atoms with van der Waals surface area (Å²) in [7, 11) is 0. The molecule has 0 bridgehead atoms. The van der Waals surface area contributed by atoms with Crippen molar-refractivity contribution in [1.82, 2.24) is 0 Å². The molecule has 0 spiro atoms. The van der Waals surface area contributed by atoms with Gasteiger partial charge in [0.15, 0.2) is 0 Å². The molecule has 0 saturated heterocycles. The Labute approximate surface area is 146 Å². The summed E-state index contributed by atoms with van der Waals surface area (Å²) in [6.45, 7) is 5.72. The predicted octanol–water partition coefficient (Wildman–Crippen LogP) is 5.63. The van der Waals surface area contributed by atoms with Crippen molar-refractivity contribution >= 4 is 0 Å². The van der Waals surface area contributed by atoms with Crippen LogP contribution >= 0.6 is 0 Å². The molecule has 0 aromatic rings. The molecule has 2 aliphatic rings. The van der Waals surface area contributed by atoms with Crippen LogP contribution in [0.1, 0.15) is 58.3 Å². The first kappa shape index (κ1) is 18.9. The van der Waals surface area contributed by atoms with Crippen LogP contribution in [-0.4, -0.2) is 6.18 Å². The molecule has 0 nitrogen and oxygen atoms in total. The van der Waals surface area contributed by atoms with E-state index in [9.17, 15) is 13.2 Å². The van der Waals surface area contributed by atoms with E-state index in [1.807, 2.05) is 0 Å². The summed E-state index contributed by atoms with van der Waals surface area (Å²) in [5.41, 5.74) is 0. The Kier molecular flexibility index (Phi) is 7.53. The SMILES string of the molecule is [CH2-]CC1CCC([C@@H]2CC[C@@H](C)C(C(F)(F)F)C2)CC1.[Y]. The molecule has 2 rings (SSSR count). The number of alkyl halides is 3. The van der Waals surface area contributed by atoms with Gasteiger partial charge in [-0.05, 0) is 37.0 Å². The zero-order chi connectivity index (χ0) is 14.0. The molecular weight excluding hydrogens is 338 g/mol. The van der Waals surface area contributed by atoms with Crippen molar-refractivity contribution in [3.63, 3.8) is 0 Å². The predicted molar refractivity (Wildman–Crippen MR) is 71.5 cm³/mol. The Balaban J connectivity index is 0.00000200. The fraction of sp³-hybridized carbons (Fsp3) is 0.938.